The predicted octanol–water partition coefficient (Wildman–Crippen LogP) is 1.28. The zero-order chi connectivity index (χ0) is 10.6. The number of urea groups is 1. The molecule has 0 aliphatic carbocycles. The van der Waals surface area contributed by atoms with Crippen molar-refractivity contribution in [2.24, 2.45) is 0 Å². The van der Waals surface area contributed by atoms with E-state index in [0.717, 1.165) is 12.8 Å². The van der Waals surface area contributed by atoms with Crippen LogP contribution >= 0.6 is 0 Å². The molecule has 0 spiro atoms. The van der Waals surface area contributed by atoms with E-state index in [-0.39, 0.29) is 11.9 Å². The number of nitrogens with one attached hydrogen (secondary N) is 1. The van der Waals surface area contributed by atoms with E-state index < -0.39 is 6.04 Å². The molecule has 1 fully saturated rings. The maximum Gasteiger partial charge on any atom is 0.324 e. The Kier molecular flexibility index (Phi) is 3.68. The minimum atomic E-state index is -0.392. The molecule has 1 atom stereocenters. The summed E-state index contributed by atoms with van der Waals surface area (Å²) in [5, 5.41) is 2.63. The molecule has 0 radical (unpaired) electrons. The van der Waals surface area contributed by atoms with Crippen LogP contribution in [0.5, 0.6) is 0 Å². The summed E-state index contributed by atoms with van der Waals surface area (Å²) in [6.45, 7) is 6.10. The highest BCUT2D eigenvalue weighted by molar-refractivity contribution is 6.04. The Morgan fingerprint density at radius 3 is 2.86 bits per heavy atom. The summed E-state index contributed by atoms with van der Waals surface area (Å²) in [7, 11) is 0. The molecule has 1 rings (SSSR count). The number of unbranched alkanes of at least 4 members (excludes halogenated alkanes) is 1. The normalized spacial score (nSPS) is 21.2. The predicted molar refractivity (Wildman–Crippen MR) is 53.8 cm³/mol. The molecule has 0 aromatic heterocycles. The lowest BCUT2D eigenvalue weighted by atomic mass is 10.2. The molecule has 0 saturated carbocycles. The quantitative estimate of drug-likeness (QED) is 0.532. The molecule has 0 aromatic carbocycles. The van der Waals surface area contributed by atoms with Crippen molar-refractivity contribution < 1.29 is 9.59 Å². The highest BCUT2D eigenvalue weighted by Gasteiger charge is 2.36. The number of rotatable bonds is 5. The second-order valence-electron chi connectivity index (χ2n) is 3.37. The molecular formula is C10H16N2O2. The van der Waals surface area contributed by atoms with Gasteiger partial charge in [0.1, 0.15) is 6.04 Å². The first kappa shape index (κ1) is 10.8. The second kappa shape index (κ2) is 4.79. The van der Waals surface area contributed by atoms with Gasteiger partial charge in [-0.15, -0.1) is 6.58 Å². The number of nitrogens with zero attached hydrogens (tertiary/aromatic N) is 1. The van der Waals surface area contributed by atoms with Crippen molar-refractivity contribution in [1.29, 1.82) is 0 Å². The Hall–Kier alpha value is -1.32. The van der Waals surface area contributed by atoms with Crippen molar-refractivity contribution in [3.63, 3.8) is 0 Å². The first-order valence-electron chi connectivity index (χ1n) is 4.93. The maximum absolute atomic E-state index is 11.6. The Bertz CT molecular complexity index is 251. The molecule has 1 aliphatic rings. The molecule has 1 heterocycles. The van der Waals surface area contributed by atoms with Crippen LogP contribution < -0.4 is 5.32 Å². The average Bonchev–Trinajstić information content (AvgIpc) is 2.41. The zero-order valence-corrected chi connectivity index (χ0v) is 8.45. The Labute approximate surface area is 84.0 Å². The average molecular weight is 196 g/mol. The molecule has 78 valence electrons. The van der Waals surface area contributed by atoms with Crippen LogP contribution in [0, 0.1) is 0 Å². The lowest BCUT2D eigenvalue weighted by molar-refractivity contribution is -0.127. The van der Waals surface area contributed by atoms with Gasteiger partial charge in [0.25, 0.3) is 5.91 Å². The highest BCUT2D eigenvalue weighted by Crippen LogP contribution is 2.10. The van der Waals surface area contributed by atoms with Gasteiger partial charge >= 0.3 is 6.03 Å². The molecule has 14 heavy (non-hydrogen) atoms. The van der Waals surface area contributed by atoms with Gasteiger partial charge in [-0.1, -0.05) is 19.4 Å². The van der Waals surface area contributed by atoms with Gasteiger partial charge < -0.3 is 5.32 Å². The SMILES string of the molecule is C=CCC1NC(=O)N(CCCC)C1=O. The number of imide groups is 1. The van der Waals surface area contributed by atoms with Crippen LogP contribution in [0.25, 0.3) is 0 Å². The summed E-state index contributed by atoms with van der Waals surface area (Å²) in [6.07, 6.45) is 3.99. The summed E-state index contributed by atoms with van der Waals surface area (Å²) in [6, 6.07) is -0.660. The van der Waals surface area contributed by atoms with Crippen molar-refractivity contribution in [1.82, 2.24) is 10.2 Å². The van der Waals surface area contributed by atoms with Crippen molar-refractivity contribution in [3.05, 3.63) is 12.7 Å². The van der Waals surface area contributed by atoms with E-state index in [1.807, 2.05) is 6.92 Å². The number of amides is 3. The summed E-state index contributed by atoms with van der Waals surface area (Å²) < 4.78 is 0. The van der Waals surface area contributed by atoms with Crippen LogP contribution in [-0.4, -0.2) is 29.4 Å². The van der Waals surface area contributed by atoms with Crippen molar-refractivity contribution in [2.45, 2.75) is 32.2 Å². The van der Waals surface area contributed by atoms with Gasteiger partial charge in [-0.3, -0.25) is 9.69 Å². The minimum Gasteiger partial charge on any atom is -0.325 e. The topological polar surface area (TPSA) is 49.4 Å². The summed E-state index contributed by atoms with van der Waals surface area (Å²) in [5.41, 5.74) is 0. The molecule has 1 unspecified atom stereocenters. The molecule has 1 N–H and O–H groups in total. The largest absolute Gasteiger partial charge is 0.325 e. The van der Waals surface area contributed by atoms with Gasteiger partial charge in [-0.05, 0) is 12.8 Å². The second-order valence-corrected chi connectivity index (χ2v) is 3.37. The van der Waals surface area contributed by atoms with E-state index in [9.17, 15) is 9.59 Å². The summed E-state index contributed by atoms with van der Waals surface area (Å²) >= 11 is 0. The van der Waals surface area contributed by atoms with E-state index in [0.29, 0.717) is 13.0 Å². The standard InChI is InChI=1S/C10H16N2O2/c1-3-5-7-12-9(13)8(6-4-2)11-10(12)14/h4,8H,2-3,5-7H2,1H3,(H,11,14). The van der Waals surface area contributed by atoms with Crippen LogP contribution in [0.15, 0.2) is 12.7 Å². The lowest BCUT2D eigenvalue weighted by Crippen LogP contribution is -2.32. The molecule has 4 nitrogen and oxygen atoms in total. The summed E-state index contributed by atoms with van der Waals surface area (Å²) in [5.74, 6) is -0.122. The smallest absolute Gasteiger partial charge is 0.324 e. The van der Waals surface area contributed by atoms with Crippen LogP contribution in [0.3, 0.4) is 0 Å². The van der Waals surface area contributed by atoms with E-state index in [1.54, 1.807) is 6.08 Å². The molecule has 4 heteroatoms. The van der Waals surface area contributed by atoms with E-state index in [4.69, 9.17) is 0 Å². The molecule has 0 aromatic rings. The fourth-order valence-corrected chi connectivity index (χ4v) is 1.43. The number of hydrogen-bond donors (Lipinski definition) is 1. The van der Waals surface area contributed by atoms with Gasteiger partial charge in [0, 0.05) is 6.54 Å². The van der Waals surface area contributed by atoms with Gasteiger partial charge in [-0.25, -0.2) is 4.79 Å². The van der Waals surface area contributed by atoms with E-state index in [1.165, 1.54) is 4.90 Å². The number of hydrogen-bond acceptors (Lipinski definition) is 2. The van der Waals surface area contributed by atoms with E-state index in [2.05, 4.69) is 11.9 Å². The van der Waals surface area contributed by atoms with Crippen LogP contribution in [0.1, 0.15) is 26.2 Å². The molecule has 3 amide bonds. The Morgan fingerprint density at radius 2 is 2.29 bits per heavy atom. The third-order valence-corrected chi connectivity index (χ3v) is 2.24. The van der Waals surface area contributed by atoms with Crippen molar-refractivity contribution in [3.8, 4) is 0 Å². The first-order valence-corrected chi connectivity index (χ1v) is 4.93. The molecule has 1 aliphatic heterocycles. The fourth-order valence-electron chi connectivity index (χ4n) is 1.43. The van der Waals surface area contributed by atoms with Crippen molar-refractivity contribution >= 4 is 11.9 Å². The molecular weight excluding hydrogens is 180 g/mol. The Balaban J connectivity index is 2.56. The number of carbonyl (C=O) groups is 2. The van der Waals surface area contributed by atoms with Crippen molar-refractivity contribution in [2.75, 3.05) is 6.54 Å². The van der Waals surface area contributed by atoms with Gasteiger partial charge in [0.05, 0.1) is 0 Å². The number of carbonyl (C=O) groups excluding carboxylic acids is 2. The summed E-state index contributed by atoms with van der Waals surface area (Å²) in [4.78, 5) is 24.2. The maximum atomic E-state index is 11.6. The fraction of sp³-hybridized carbons (Fsp3) is 0.600. The van der Waals surface area contributed by atoms with Crippen LogP contribution in [0.4, 0.5) is 4.79 Å². The lowest BCUT2D eigenvalue weighted by Gasteiger charge is -2.11. The minimum absolute atomic E-state index is 0.122. The van der Waals surface area contributed by atoms with E-state index >= 15 is 0 Å². The Morgan fingerprint density at radius 1 is 1.57 bits per heavy atom. The zero-order valence-electron chi connectivity index (χ0n) is 8.45. The monoisotopic (exact) mass is 196 g/mol. The van der Waals surface area contributed by atoms with Crippen LogP contribution in [0.2, 0.25) is 0 Å². The van der Waals surface area contributed by atoms with Crippen LogP contribution in [-0.2, 0) is 4.79 Å². The third-order valence-electron chi connectivity index (χ3n) is 2.24. The van der Waals surface area contributed by atoms with Gasteiger partial charge in [0.15, 0.2) is 0 Å². The molecule has 0 bridgehead atoms. The molecule has 1 saturated heterocycles. The highest BCUT2D eigenvalue weighted by atomic mass is 16.2. The van der Waals surface area contributed by atoms with Gasteiger partial charge in [-0.2, -0.15) is 0 Å². The van der Waals surface area contributed by atoms with Gasteiger partial charge in [0.2, 0.25) is 0 Å². The third kappa shape index (κ3) is 2.13. The first-order chi connectivity index (χ1) is 6.70.